The number of fused-ring (bicyclic) bond motifs is 4. The second-order valence-electron chi connectivity index (χ2n) is 6.08. The van der Waals surface area contributed by atoms with Gasteiger partial charge in [-0.1, -0.05) is 52.3 Å². The Morgan fingerprint density at radius 2 is 1.79 bits per heavy atom. The Balaban J connectivity index is 1.80. The fraction of sp³-hybridized carbons (Fsp3) is 0.0500. The lowest BCUT2D eigenvalue weighted by Crippen LogP contribution is -2.07. The molecule has 4 aromatic rings. The summed E-state index contributed by atoms with van der Waals surface area (Å²) >= 11 is 3.55. The average Bonchev–Trinajstić information content (AvgIpc) is 3.15. The van der Waals surface area contributed by atoms with Gasteiger partial charge in [0.15, 0.2) is 0 Å². The standard InChI is InChI=1S/C20H14BrN3/c21-11-8-9-12-15(10-11)19(22)13-4-3-5-14(18(12)13)20-23-16-6-1-2-7-17(16)24-20/h1-10,19H,22H2,(H,23,24). The zero-order valence-electron chi connectivity index (χ0n) is 12.8. The highest BCUT2D eigenvalue weighted by molar-refractivity contribution is 9.10. The molecule has 3 aromatic carbocycles. The Labute approximate surface area is 147 Å². The Bertz CT molecular complexity index is 1060. The number of benzene rings is 3. The van der Waals surface area contributed by atoms with Gasteiger partial charge < -0.3 is 10.7 Å². The molecule has 5 rings (SSSR count). The third kappa shape index (κ3) is 1.90. The van der Waals surface area contributed by atoms with Gasteiger partial charge in [0, 0.05) is 10.0 Å². The van der Waals surface area contributed by atoms with Crippen LogP contribution in [0.15, 0.2) is 65.1 Å². The summed E-state index contributed by atoms with van der Waals surface area (Å²) < 4.78 is 1.05. The van der Waals surface area contributed by atoms with Crippen molar-refractivity contribution in [3.05, 3.63) is 76.3 Å². The summed E-state index contributed by atoms with van der Waals surface area (Å²) in [6, 6.07) is 20.6. The fourth-order valence-corrected chi connectivity index (χ4v) is 3.97. The smallest absolute Gasteiger partial charge is 0.139 e. The predicted molar refractivity (Wildman–Crippen MR) is 101 cm³/mol. The van der Waals surface area contributed by atoms with E-state index in [-0.39, 0.29) is 6.04 Å². The summed E-state index contributed by atoms with van der Waals surface area (Å²) in [5.74, 6) is 0.885. The number of imidazole rings is 1. The van der Waals surface area contributed by atoms with Crippen LogP contribution in [0.3, 0.4) is 0 Å². The van der Waals surface area contributed by atoms with Crippen molar-refractivity contribution in [2.75, 3.05) is 0 Å². The number of para-hydroxylation sites is 2. The Morgan fingerprint density at radius 1 is 0.917 bits per heavy atom. The number of nitrogens with zero attached hydrogens (tertiary/aromatic N) is 1. The van der Waals surface area contributed by atoms with Crippen LogP contribution in [0.2, 0.25) is 0 Å². The number of aromatic nitrogens is 2. The van der Waals surface area contributed by atoms with E-state index < -0.39 is 0 Å². The maximum Gasteiger partial charge on any atom is 0.139 e. The van der Waals surface area contributed by atoms with E-state index in [1.807, 2.05) is 24.3 Å². The third-order valence-corrected chi connectivity index (χ3v) is 5.19. The van der Waals surface area contributed by atoms with Crippen LogP contribution >= 0.6 is 15.9 Å². The zero-order valence-corrected chi connectivity index (χ0v) is 14.3. The van der Waals surface area contributed by atoms with Gasteiger partial charge in [0.1, 0.15) is 5.82 Å². The number of nitrogens with two attached hydrogens (primary N) is 1. The molecule has 1 aliphatic carbocycles. The van der Waals surface area contributed by atoms with Crippen molar-refractivity contribution in [1.82, 2.24) is 9.97 Å². The number of rotatable bonds is 1. The van der Waals surface area contributed by atoms with Crippen LogP contribution in [-0.2, 0) is 0 Å². The molecule has 0 saturated carbocycles. The largest absolute Gasteiger partial charge is 0.338 e. The number of aromatic amines is 1. The van der Waals surface area contributed by atoms with Gasteiger partial charge in [-0.25, -0.2) is 4.98 Å². The lowest BCUT2D eigenvalue weighted by Gasteiger charge is -2.08. The summed E-state index contributed by atoms with van der Waals surface area (Å²) in [6.45, 7) is 0. The van der Waals surface area contributed by atoms with Gasteiger partial charge in [-0.05, 0) is 46.5 Å². The molecule has 4 heteroatoms. The van der Waals surface area contributed by atoms with Crippen LogP contribution in [0.1, 0.15) is 17.2 Å². The number of halogens is 1. The van der Waals surface area contributed by atoms with E-state index in [0.717, 1.165) is 38.0 Å². The van der Waals surface area contributed by atoms with Gasteiger partial charge in [0.2, 0.25) is 0 Å². The molecular weight excluding hydrogens is 362 g/mol. The van der Waals surface area contributed by atoms with Crippen LogP contribution in [0.4, 0.5) is 0 Å². The van der Waals surface area contributed by atoms with Crippen molar-refractivity contribution in [3.63, 3.8) is 0 Å². The summed E-state index contributed by atoms with van der Waals surface area (Å²) in [6.07, 6.45) is 0. The highest BCUT2D eigenvalue weighted by atomic mass is 79.9. The van der Waals surface area contributed by atoms with E-state index in [9.17, 15) is 0 Å². The maximum absolute atomic E-state index is 6.50. The molecule has 1 unspecified atom stereocenters. The van der Waals surface area contributed by atoms with E-state index in [4.69, 9.17) is 10.7 Å². The van der Waals surface area contributed by atoms with Crippen LogP contribution in [0.25, 0.3) is 33.5 Å². The number of H-pyrrole nitrogens is 1. The van der Waals surface area contributed by atoms with Gasteiger partial charge in [-0.3, -0.25) is 0 Å². The van der Waals surface area contributed by atoms with Crippen molar-refractivity contribution in [2.45, 2.75) is 6.04 Å². The second-order valence-corrected chi connectivity index (χ2v) is 7.00. The normalized spacial score (nSPS) is 15.5. The molecule has 1 atom stereocenters. The topological polar surface area (TPSA) is 54.7 Å². The van der Waals surface area contributed by atoms with Crippen LogP contribution in [0, 0.1) is 0 Å². The Hall–Kier alpha value is -2.43. The maximum atomic E-state index is 6.50. The van der Waals surface area contributed by atoms with Crippen molar-refractivity contribution in [1.29, 1.82) is 0 Å². The minimum Gasteiger partial charge on any atom is -0.338 e. The van der Waals surface area contributed by atoms with Crippen molar-refractivity contribution >= 4 is 27.0 Å². The Kier molecular flexibility index (Phi) is 2.93. The molecule has 1 aromatic heterocycles. The highest BCUT2D eigenvalue weighted by Gasteiger charge is 2.29. The van der Waals surface area contributed by atoms with Crippen LogP contribution in [0.5, 0.6) is 0 Å². The molecule has 3 N–H and O–H groups in total. The van der Waals surface area contributed by atoms with E-state index in [1.54, 1.807) is 0 Å². The summed E-state index contributed by atoms with van der Waals surface area (Å²) in [4.78, 5) is 8.21. The minimum atomic E-state index is -0.100. The van der Waals surface area contributed by atoms with E-state index in [2.05, 4.69) is 57.3 Å². The van der Waals surface area contributed by atoms with Gasteiger partial charge in [-0.2, -0.15) is 0 Å². The molecule has 0 fully saturated rings. The minimum absolute atomic E-state index is 0.100. The van der Waals surface area contributed by atoms with Gasteiger partial charge >= 0.3 is 0 Å². The zero-order chi connectivity index (χ0) is 16.3. The van der Waals surface area contributed by atoms with Gasteiger partial charge in [-0.15, -0.1) is 0 Å². The molecule has 0 amide bonds. The lowest BCUT2D eigenvalue weighted by molar-refractivity contribution is 0.900. The molecule has 24 heavy (non-hydrogen) atoms. The molecule has 0 saturated heterocycles. The fourth-order valence-electron chi connectivity index (χ4n) is 3.59. The molecular formula is C20H14BrN3. The van der Waals surface area contributed by atoms with Crippen molar-refractivity contribution in [3.8, 4) is 22.5 Å². The first kappa shape index (κ1) is 14.0. The van der Waals surface area contributed by atoms with Gasteiger partial charge in [0.05, 0.1) is 17.1 Å². The summed E-state index contributed by atoms with van der Waals surface area (Å²) in [5.41, 5.74) is 14.3. The monoisotopic (exact) mass is 375 g/mol. The van der Waals surface area contributed by atoms with Crippen LogP contribution < -0.4 is 5.73 Å². The first-order valence-corrected chi connectivity index (χ1v) is 8.65. The number of nitrogens with one attached hydrogen (secondary N) is 1. The molecule has 3 nitrogen and oxygen atoms in total. The third-order valence-electron chi connectivity index (χ3n) is 4.69. The number of hydrogen-bond donors (Lipinski definition) is 2. The predicted octanol–water partition coefficient (Wildman–Crippen LogP) is 5.02. The molecule has 0 bridgehead atoms. The van der Waals surface area contributed by atoms with E-state index in [0.29, 0.717) is 0 Å². The summed E-state index contributed by atoms with van der Waals surface area (Å²) in [7, 11) is 0. The lowest BCUT2D eigenvalue weighted by atomic mass is 9.99. The van der Waals surface area contributed by atoms with E-state index in [1.165, 1.54) is 11.1 Å². The summed E-state index contributed by atoms with van der Waals surface area (Å²) in [5, 5.41) is 0. The first-order chi connectivity index (χ1) is 11.7. The van der Waals surface area contributed by atoms with Crippen molar-refractivity contribution in [2.24, 2.45) is 5.73 Å². The quantitative estimate of drug-likeness (QED) is 0.490. The molecule has 0 radical (unpaired) electrons. The molecule has 116 valence electrons. The first-order valence-electron chi connectivity index (χ1n) is 7.86. The average molecular weight is 376 g/mol. The van der Waals surface area contributed by atoms with Crippen molar-refractivity contribution < 1.29 is 0 Å². The van der Waals surface area contributed by atoms with Crippen LogP contribution in [-0.4, -0.2) is 9.97 Å². The van der Waals surface area contributed by atoms with Gasteiger partial charge in [0.25, 0.3) is 0 Å². The number of hydrogen-bond acceptors (Lipinski definition) is 2. The molecule has 0 aliphatic heterocycles. The molecule has 0 spiro atoms. The molecule has 1 aliphatic rings. The SMILES string of the molecule is NC1c2cc(Br)ccc2-c2c(-c3nc4ccccc4[nH]3)cccc21. The Morgan fingerprint density at radius 3 is 2.67 bits per heavy atom. The van der Waals surface area contributed by atoms with E-state index >= 15 is 0 Å². The second kappa shape index (κ2) is 5.03. The highest BCUT2D eigenvalue weighted by Crippen LogP contribution is 2.47. The molecule has 1 heterocycles.